The number of hydrogen-bond donors (Lipinski definition) is 3. The molecule has 3 rings (SSSR count). The predicted molar refractivity (Wildman–Crippen MR) is 130 cm³/mol. The molecule has 0 aliphatic heterocycles. The van der Waals surface area contributed by atoms with Gasteiger partial charge >= 0.3 is 6.03 Å². The number of carbonyl (C=O) groups excluding carboxylic acids is 2. The molecule has 0 heterocycles. The summed E-state index contributed by atoms with van der Waals surface area (Å²) in [5.41, 5.74) is 1.28. The number of nitrogens with zero attached hydrogens (tertiary/aromatic N) is 1. The fourth-order valence-corrected chi connectivity index (χ4v) is 3.17. The Morgan fingerprint density at radius 3 is 2.36 bits per heavy atom. The molecule has 2 N–H and O–H groups in total. The molecule has 0 spiro atoms. The molecule has 0 fully saturated rings. The molecule has 0 aliphatic rings. The van der Waals surface area contributed by atoms with Crippen molar-refractivity contribution < 1.29 is 23.5 Å². The second kappa shape index (κ2) is 11.6. The van der Waals surface area contributed by atoms with Crippen LogP contribution in [-0.4, -0.2) is 32.3 Å². The topological polar surface area (TPSA) is 79.9 Å². The van der Waals surface area contributed by atoms with Crippen molar-refractivity contribution in [2.24, 2.45) is 0 Å². The zero-order valence-corrected chi connectivity index (χ0v) is 19.2. The van der Waals surface area contributed by atoms with Gasteiger partial charge in [-0.15, -0.1) is 0 Å². The fraction of sp³-hybridized carbons (Fsp3) is 0.130. The van der Waals surface area contributed by atoms with Crippen LogP contribution in [0.15, 0.2) is 66.7 Å². The Bertz CT molecular complexity index is 1130. The number of hydrogen-bond acceptors (Lipinski definition) is 5. The van der Waals surface area contributed by atoms with Crippen LogP contribution < -0.4 is 19.7 Å². The molecule has 0 saturated heterocycles. The number of anilines is 3. The maximum absolute atomic E-state index is 13.8. The zero-order chi connectivity index (χ0) is 23.8. The van der Waals surface area contributed by atoms with Gasteiger partial charge in [0, 0.05) is 18.5 Å². The van der Waals surface area contributed by atoms with Crippen molar-refractivity contribution in [1.29, 1.82) is 0 Å². The average molecular weight is 490 g/mol. The van der Waals surface area contributed by atoms with Gasteiger partial charge in [-0.05, 0) is 54.6 Å². The molecular weight excluding hydrogens is 469 g/mol. The molecule has 0 atom stereocenters. The van der Waals surface area contributed by atoms with E-state index in [1.54, 1.807) is 55.6 Å². The summed E-state index contributed by atoms with van der Waals surface area (Å²) in [7, 11) is 1.57. The van der Waals surface area contributed by atoms with Gasteiger partial charge in [-0.1, -0.05) is 36.5 Å². The van der Waals surface area contributed by atoms with Crippen LogP contribution in [0.2, 0.25) is 5.02 Å². The number of halogens is 2. The van der Waals surface area contributed by atoms with Crippen molar-refractivity contribution in [3.05, 3.63) is 83.1 Å². The van der Waals surface area contributed by atoms with Crippen molar-refractivity contribution in [2.75, 3.05) is 35.3 Å². The van der Waals surface area contributed by atoms with E-state index < -0.39 is 17.8 Å². The molecule has 7 nitrogen and oxygen atoms in total. The van der Waals surface area contributed by atoms with Gasteiger partial charge in [0.25, 0.3) is 5.91 Å². The lowest BCUT2D eigenvalue weighted by Crippen LogP contribution is -2.26. The number of benzene rings is 3. The summed E-state index contributed by atoms with van der Waals surface area (Å²) in [6, 6.07) is 16.3. The number of carbonyl (C=O) groups is 2. The van der Waals surface area contributed by atoms with Gasteiger partial charge < -0.3 is 20.1 Å². The largest absolute Gasteiger partial charge is 0.490 e. The van der Waals surface area contributed by atoms with E-state index in [9.17, 15) is 14.0 Å². The van der Waals surface area contributed by atoms with E-state index in [1.165, 1.54) is 18.2 Å². The quantitative estimate of drug-likeness (QED) is 0.282. The Kier molecular flexibility index (Phi) is 8.53. The summed E-state index contributed by atoms with van der Waals surface area (Å²) >= 11 is 10.4. The number of amides is 3. The first-order chi connectivity index (χ1) is 15.9. The highest BCUT2D eigenvalue weighted by Crippen LogP contribution is 2.28. The first kappa shape index (κ1) is 24.4. The Labute approximate surface area is 201 Å². The molecule has 33 heavy (non-hydrogen) atoms. The van der Waals surface area contributed by atoms with E-state index in [1.807, 2.05) is 0 Å². The third-order valence-electron chi connectivity index (χ3n) is 4.41. The summed E-state index contributed by atoms with van der Waals surface area (Å²) in [5.74, 6) is -0.713. The highest BCUT2D eigenvalue weighted by atomic mass is 35.5. The summed E-state index contributed by atoms with van der Waals surface area (Å²) in [4.78, 5) is 24.8. The second-order valence-corrected chi connectivity index (χ2v) is 7.52. The monoisotopic (exact) mass is 489 g/mol. The van der Waals surface area contributed by atoms with Gasteiger partial charge in [0.2, 0.25) is 0 Å². The number of nitrogens with one attached hydrogen (secondary N) is 2. The SMILES string of the molecule is COCCOc1ccc(NC(=O)N(S)c2ccc(NC(=O)c3ccccc3F)cc2)cc1Cl. The van der Waals surface area contributed by atoms with Gasteiger partial charge in [0.1, 0.15) is 18.2 Å². The van der Waals surface area contributed by atoms with E-state index in [-0.39, 0.29) is 5.56 Å². The predicted octanol–water partition coefficient (Wildman–Crippen LogP) is 5.64. The highest BCUT2D eigenvalue weighted by molar-refractivity contribution is 7.82. The van der Waals surface area contributed by atoms with Crippen molar-refractivity contribution >= 4 is 53.4 Å². The number of urea groups is 1. The lowest BCUT2D eigenvalue weighted by Gasteiger charge is -2.17. The molecule has 0 radical (unpaired) electrons. The van der Waals surface area contributed by atoms with Crippen LogP contribution >= 0.6 is 24.4 Å². The minimum Gasteiger partial charge on any atom is -0.490 e. The zero-order valence-electron chi connectivity index (χ0n) is 17.5. The standard InChI is InChI=1S/C23H21ClFN3O4S/c1-31-12-13-32-21-11-8-16(14-19(21)24)27-23(30)28(33)17-9-6-15(7-10-17)26-22(29)18-4-2-3-5-20(18)25/h2-11,14,33H,12-13H2,1H3,(H,26,29)(H,27,30). The van der Waals surface area contributed by atoms with Crippen molar-refractivity contribution in [3.8, 4) is 5.75 Å². The van der Waals surface area contributed by atoms with Crippen LogP contribution in [0.1, 0.15) is 10.4 Å². The van der Waals surface area contributed by atoms with Gasteiger partial charge in [-0.3, -0.25) is 4.79 Å². The normalized spacial score (nSPS) is 10.4. The molecule has 0 unspecified atom stereocenters. The number of ether oxygens (including phenoxy) is 2. The van der Waals surface area contributed by atoms with Crippen LogP contribution in [0.4, 0.5) is 26.2 Å². The van der Waals surface area contributed by atoms with Crippen LogP contribution in [-0.2, 0) is 4.74 Å². The van der Waals surface area contributed by atoms with E-state index in [0.717, 1.165) is 4.31 Å². The highest BCUT2D eigenvalue weighted by Gasteiger charge is 2.15. The Morgan fingerprint density at radius 1 is 1.00 bits per heavy atom. The third kappa shape index (κ3) is 6.61. The van der Waals surface area contributed by atoms with E-state index in [2.05, 4.69) is 23.4 Å². The lowest BCUT2D eigenvalue weighted by molar-refractivity contribution is 0.102. The van der Waals surface area contributed by atoms with Crippen LogP contribution in [0.25, 0.3) is 0 Å². The summed E-state index contributed by atoms with van der Waals surface area (Å²) < 4.78 is 25.3. The summed E-state index contributed by atoms with van der Waals surface area (Å²) in [6.45, 7) is 0.776. The minimum atomic E-state index is -0.612. The summed E-state index contributed by atoms with van der Waals surface area (Å²) in [6.07, 6.45) is 0. The molecule has 3 amide bonds. The van der Waals surface area contributed by atoms with Crippen molar-refractivity contribution in [3.63, 3.8) is 0 Å². The Morgan fingerprint density at radius 2 is 1.70 bits per heavy atom. The average Bonchev–Trinajstić information content (AvgIpc) is 2.81. The van der Waals surface area contributed by atoms with E-state index in [4.69, 9.17) is 21.1 Å². The van der Waals surface area contributed by atoms with Crippen molar-refractivity contribution in [1.82, 2.24) is 0 Å². The molecule has 3 aromatic rings. The smallest absolute Gasteiger partial charge is 0.336 e. The van der Waals surface area contributed by atoms with Crippen LogP contribution in [0, 0.1) is 5.82 Å². The fourth-order valence-electron chi connectivity index (χ4n) is 2.75. The van der Waals surface area contributed by atoms with Crippen LogP contribution in [0.5, 0.6) is 5.75 Å². The minimum absolute atomic E-state index is 0.0643. The van der Waals surface area contributed by atoms with Gasteiger partial charge in [-0.2, -0.15) is 0 Å². The number of methoxy groups -OCH3 is 1. The number of rotatable bonds is 8. The first-order valence-electron chi connectivity index (χ1n) is 9.76. The molecule has 0 bridgehead atoms. The van der Waals surface area contributed by atoms with E-state index in [0.29, 0.717) is 41.0 Å². The first-order valence-corrected chi connectivity index (χ1v) is 10.5. The molecule has 10 heteroatoms. The molecule has 0 aromatic heterocycles. The third-order valence-corrected chi connectivity index (χ3v) is 5.12. The molecule has 172 valence electrons. The molecule has 0 saturated carbocycles. The summed E-state index contributed by atoms with van der Waals surface area (Å²) in [5, 5.41) is 5.63. The maximum Gasteiger partial charge on any atom is 0.336 e. The number of thiol groups is 1. The Hall–Kier alpha value is -3.27. The molecule has 0 aliphatic carbocycles. The molecule has 3 aromatic carbocycles. The van der Waals surface area contributed by atoms with Gasteiger partial charge in [0.05, 0.1) is 22.9 Å². The van der Waals surface area contributed by atoms with Crippen LogP contribution in [0.3, 0.4) is 0 Å². The maximum atomic E-state index is 13.8. The van der Waals surface area contributed by atoms with Crippen molar-refractivity contribution in [2.45, 2.75) is 0 Å². The van der Waals surface area contributed by atoms with Gasteiger partial charge in [0.15, 0.2) is 0 Å². The Balaban J connectivity index is 1.60. The lowest BCUT2D eigenvalue weighted by atomic mass is 10.2. The van der Waals surface area contributed by atoms with E-state index >= 15 is 0 Å². The van der Waals surface area contributed by atoms with Gasteiger partial charge in [-0.25, -0.2) is 13.5 Å². The second-order valence-electron chi connectivity index (χ2n) is 6.71. The molecular formula is C23H21ClFN3O4S.